The summed E-state index contributed by atoms with van der Waals surface area (Å²) in [4.78, 5) is 0. The lowest BCUT2D eigenvalue weighted by atomic mass is 10.1. The van der Waals surface area contributed by atoms with Gasteiger partial charge in [-0.2, -0.15) is 0 Å². The Labute approximate surface area is 132 Å². The molecule has 1 aliphatic rings. The van der Waals surface area contributed by atoms with Crippen LogP contribution in [0.1, 0.15) is 16.7 Å². The van der Waals surface area contributed by atoms with Crippen LogP contribution >= 0.6 is 15.9 Å². The molecule has 0 aliphatic carbocycles. The lowest BCUT2D eigenvalue weighted by molar-refractivity contribution is 0.148. The van der Waals surface area contributed by atoms with Crippen LogP contribution in [0.15, 0.2) is 36.4 Å². The highest BCUT2D eigenvalue weighted by Crippen LogP contribution is 2.30. The van der Waals surface area contributed by atoms with Crippen molar-refractivity contribution in [3.05, 3.63) is 58.9 Å². The second kappa shape index (κ2) is 6.06. The summed E-state index contributed by atoms with van der Waals surface area (Å²) in [7, 11) is 0. The number of rotatable bonds is 4. The molecule has 2 nitrogen and oxygen atoms in total. The third-order valence-electron chi connectivity index (χ3n) is 3.55. The Morgan fingerprint density at radius 1 is 1.29 bits per heavy atom. The van der Waals surface area contributed by atoms with Gasteiger partial charge in [-0.25, -0.2) is 4.39 Å². The molecule has 110 valence electrons. The van der Waals surface area contributed by atoms with Crippen molar-refractivity contribution < 1.29 is 13.9 Å². The largest absolute Gasteiger partial charge is 0.489 e. The molecule has 2 aromatic rings. The molecule has 4 heteroatoms. The van der Waals surface area contributed by atoms with Crippen molar-refractivity contribution in [2.45, 2.75) is 24.8 Å². The second-order valence-corrected chi connectivity index (χ2v) is 5.81. The van der Waals surface area contributed by atoms with Gasteiger partial charge in [-0.1, -0.05) is 33.6 Å². The van der Waals surface area contributed by atoms with E-state index in [0.29, 0.717) is 17.7 Å². The van der Waals surface area contributed by atoms with Crippen LogP contribution in [-0.2, 0) is 11.8 Å². The Balaban J connectivity index is 1.65. The van der Waals surface area contributed by atoms with E-state index in [1.807, 2.05) is 12.1 Å². The first-order valence-electron chi connectivity index (χ1n) is 6.89. The van der Waals surface area contributed by atoms with Crippen LogP contribution in [0.2, 0.25) is 0 Å². The van der Waals surface area contributed by atoms with Crippen LogP contribution in [-0.4, -0.2) is 12.7 Å². The zero-order valence-corrected chi connectivity index (χ0v) is 13.3. The lowest BCUT2D eigenvalue weighted by Crippen LogP contribution is -2.22. The molecule has 0 amide bonds. The Kier molecular flexibility index (Phi) is 4.15. The van der Waals surface area contributed by atoms with Gasteiger partial charge < -0.3 is 9.47 Å². The summed E-state index contributed by atoms with van der Waals surface area (Å²) >= 11 is 3.35. The van der Waals surface area contributed by atoms with E-state index in [2.05, 4.69) is 28.9 Å². The molecule has 0 fully saturated rings. The van der Waals surface area contributed by atoms with Gasteiger partial charge in [0.15, 0.2) is 0 Å². The van der Waals surface area contributed by atoms with E-state index < -0.39 is 0 Å². The minimum atomic E-state index is -0.253. The summed E-state index contributed by atoms with van der Waals surface area (Å²) in [6.07, 6.45) is 0.858. The van der Waals surface area contributed by atoms with Crippen molar-refractivity contribution in [1.82, 2.24) is 0 Å². The molecular weight excluding hydrogens is 335 g/mol. The number of halogens is 2. The molecule has 0 bridgehead atoms. The molecular formula is C17H16BrFO2. The molecule has 0 aromatic heterocycles. The van der Waals surface area contributed by atoms with Crippen LogP contribution in [0.5, 0.6) is 11.5 Å². The van der Waals surface area contributed by atoms with Gasteiger partial charge >= 0.3 is 0 Å². The quantitative estimate of drug-likeness (QED) is 0.760. The van der Waals surface area contributed by atoms with Crippen molar-refractivity contribution in [1.29, 1.82) is 0 Å². The van der Waals surface area contributed by atoms with Crippen molar-refractivity contribution >= 4 is 15.9 Å². The molecule has 1 heterocycles. The number of alkyl halides is 1. The maximum absolute atomic E-state index is 13.2. The van der Waals surface area contributed by atoms with E-state index in [1.54, 1.807) is 6.07 Å². The summed E-state index contributed by atoms with van der Waals surface area (Å²) < 4.78 is 24.9. The number of hydrogen-bond acceptors (Lipinski definition) is 2. The van der Waals surface area contributed by atoms with Crippen molar-refractivity contribution in [3.8, 4) is 11.5 Å². The standard InChI is InChI=1S/C17H16BrFO2/c1-11-2-4-17-12(6-11)8-15(21-17)10-20-16-5-3-14(19)7-13(16)9-18/h2-7,15H,8-10H2,1H3. The van der Waals surface area contributed by atoms with Gasteiger partial charge in [-0.3, -0.25) is 0 Å². The van der Waals surface area contributed by atoms with Crippen molar-refractivity contribution in [2.24, 2.45) is 0 Å². The number of fused-ring (bicyclic) bond motifs is 1. The molecule has 21 heavy (non-hydrogen) atoms. The fourth-order valence-corrected chi connectivity index (χ4v) is 2.96. The molecule has 0 saturated carbocycles. The monoisotopic (exact) mass is 350 g/mol. The topological polar surface area (TPSA) is 18.5 Å². The SMILES string of the molecule is Cc1ccc2c(c1)CC(COc1ccc(F)cc1CBr)O2. The van der Waals surface area contributed by atoms with E-state index in [-0.39, 0.29) is 11.9 Å². The normalized spacial score (nSPS) is 16.4. The molecule has 3 rings (SSSR count). The minimum Gasteiger partial charge on any atom is -0.489 e. The first kappa shape index (κ1) is 14.4. The van der Waals surface area contributed by atoms with Gasteiger partial charge in [-0.15, -0.1) is 0 Å². The summed E-state index contributed by atoms with van der Waals surface area (Å²) in [5.74, 6) is 1.38. The smallest absolute Gasteiger partial charge is 0.137 e. The summed E-state index contributed by atoms with van der Waals surface area (Å²) in [6.45, 7) is 2.53. The average Bonchev–Trinajstić information content (AvgIpc) is 2.87. The zero-order valence-electron chi connectivity index (χ0n) is 11.7. The van der Waals surface area contributed by atoms with Crippen LogP contribution < -0.4 is 9.47 Å². The van der Waals surface area contributed by atoms with Crippen LogP contribution in [0.4, 0.5) is 4.39 Å². The summed E-state index contributed by atoms with van der Waals surface area (Å²) in [5, 5.41) is 0.561. The van der Waals surface area contributed by atoms with Gasteiger partial charge in [0.1, 0.15) is 30.0 Å². The molecule has 2 aromatic carbocycles. The van der Waals surface area contributed by atoms with Gasteiger partial charge in [0.25, 0.3) is 0 Å². The Morgan fingerprint density at radius 2 is 2.14 bits per heavy atom. The number of ether oxygens (including phenoxy) is 2. The average molecular weight is 351 g/mol. The van der Waals surface area contributed by atoms with E-state index in [0.717, 1.165) is 17.7 Å². The molecule has 0 N–H and O–H groups in total. The minimum absolute atomic E-state index is 0.00929. The van der Waals surface area contributed by atoms with Crippen LogP contribution in [0.25, 0.3) is 0 Å². The first-order chi connectivity index (χ1) is 10.2. The van der Waals surface area contributed by atoms with Crippen LogP contribution in [0.3, 0.4) is 0 Å². The van der Waals surface area contributed by atoms with Gasteiger partial charge in [-0.05, 0) is 36.8 Å². The second-order valence-electron chi connectivity index (χ2n) is 5.25. The maximum Gasteiger partial charge on any atom is 0.137 e. The van der Waals surface area contributed by atoms with Crippen molar-refractivity contribution in [3.63, 3.8) is 0 Å². The molecule has 0 spiro atoms. The predicted octanol–water partition coefficient (Wildman–Crippen LogP) is 4.41. The number of hydrogen-bond donors (Lipinski definition) is 0. The summed E-state index contributed by atoms with van der Waals surface area (Å²) in [5.41, 5.74) is 3.27. The highest BCUT2D eigenvalue weighted by molar-refractivity contribution is 9.08. The molecule has 1 unspecified atom stereocenters. The van der Waals surface area contributed by atoms with E-state index in [9.17, 15) is 4.39 Å². The van der Waals surface area contributed by atoms with E-state index in [1.165, 1.54) is 23.3 Å². The molecule has 0 radical (unpaired) electrons. The molecule has 1 aliphatic heterocycles. The van der Waals surface area contributed by atoms with Gasteiger partial charge in [0.2, 0.25) is 0 Å². The van der Waals surface area contributed by atoms with Gasteiger partial charge in [0.05, 0.1) is 0 Å². The van der Waals surface area contributed by atoms with E-state index in [4.69, 9.17) is 9.47 Å². The molecule has 0 saturated heterocycles. The van der Waals surface area contributed by atoms with Crippen LogP contribution in [0, 0.1) is 12.7 Å². The van der Waals surface area contributed by atoms with Crippen molar-refractivity contribution in [2.75, 3.05) is 6.61 Å². The van der Waals surface area contributed by atoms with E-state index >= 15 is 0 Å². The zero-order chi connectivity index (χ0) is 14.8. The maximum atomic E-state index is 13.2. The lowest BCUT2D eigenvalue weighted by Gasteiger charge is -2.14. The molecule has 1 atom stereocenters. The Hall–Kier alpha value is -1.55. The Morgan fingerprint density at radius 3 is 2.95 bits per heavy atom. The third-order valence-corrected chi connectivity index (χ3v) is 4.15. The predicted molar refractivity (Wildman–Crippen MR) is 83.8 cm³/mol. The van der Waals surface area contributed by atoms with Gasteiger partial charge in [0, 0.05) is 17.3 Å². The third kappa shape index (κ3) is 3.21. The highest BCUT2D eigenvalue weighted by Gasteiger charge is 2.23. The highest BCUT2D eigenvalue weighted by atomic mass is 79.9. The summed E-state index contributed by atoms with van der Waals surface area (Å²) in [6, 6.07) is 10.8. The fourth-order valence-electron chi connectivity index (χ4n) is 2.52. The number of aryl methyl sites for hydroxylation is 1. The number of benzene rings is 2. The fraction of sp³-hybridized carbons (Fsp3) is 0.294. The first-order valence-corrected chi connectivity index (χ1v) is 8.01. The Bertz CT molecular complexity index is 657.